The second-order valence-electron chi connectivity index (χ2n) is 5.23. The minimum atomic E-state index is -0.538. The molecule has 2 N–H and O–H groups in total. The van der Waals surface area contributed by atoms with Crippen molar-refractivity contribution in [1.82, 2.24) is 0 Å². The lowest BCUT2D eigenvalue weighted by Gasteiger charge is -2.20. The van der Waals surface area contributed by atoms with Gasteiger partial charge in [0.1, 0.15) is 18.0 Å². The number of carbonyl (C=O) groups excluding carboxylic acids is 1. The Balaban J connectivity index is 2.72. The van der Waals surface area contributed by atoms with Crippen molar-refractivity contribution in [3.8, 4) is 5.75 Å². The van der Waals surface area contributed by atoms with Gasteiger partial charge < -0.3 is 14.6 Å². The molecule has 1 amide bonds. The third kappa shape index (κ3) is 6.10. The van der Waals surface area contributed by atoms with Crippen molar-refractivity contribution in [3.63, 3.8) is 0 Å². The Morgan fingerprint density at radius 3 is 2.58 bits per heavy atom. The highest BCUT2D eigenvalue weighted by molar-refractivity contribution is 5.85. The first kappa shape index (κ1) is 15.3. The molecule has 0 aliphatic carbocycles. The molecule has 1 rings (SSSR count). The van der Waals surface area contributed by atoms with Crippen LogP contribution in [0.1, 0.15) is 26.3 Å². The van der Waals surface area contributed by atoms with Crippen molar-refractivity contribution in [2.75, 3.05) is 18.5 Å². The van der Waals surface area contributed by atoms with Crippen molar-refractivity contribution in [2.24, 2.45) is 0 Å². The maximum absolute atomic E-state index is 11.7. The first-order chi connectivity index (χ1) is 8.80. The number of anilines is 1. The molecular formula is C14H21NO4. The number of amides is 1. The fraction of sp³-hybridized carbons (Fsp3) is 0.500. The number of benzene rings is 1. The molecule has 0 saturated carbocycles. The van der Waals surface area contributed by atoms with Crippen LogP contribution >= 0.6 is 0 Å². The number of rotatable bonds is 4. The fourth-order valence-electron chi connectivity index (χ4n) is 1.49. The number of aliphatic hydroxyl groups is 1. The summed E-state index contributed by atoms with van der Waals surface area (Å²) >= 11 is 0. The van der Waals surface area contributed by atoms with E-state index in [4.69, 9.17) is 14.6 Å². The van der Waals surface area contributed by atoms with E-state index in [1.54, 1.807) is 26.8 Å². The van der Waals surface area contributed by atoms with Gasteiger partial charge >= 0.3 is 6.09 Å². The lowest BCUT2D eigenvalue weighted by molar-refractivity contribution is 0.0636. The molecule has 0 atom stereocenters. The molecule has 0 aromatic heterocycles. The van der Waals surface area contributed by atoms with Crippen LogP contribution in [0.15, 0.2) is 18.2 Å². The van der Waals surface area contributed by atoms with Crippen LogP contribution in [0.2, 0.25) is 0 Å². The molecular weight excluding hydrogens is 246 g/mol. The summed E-state index contributed by atoms with van der Waals surface area (Å²) in [5.74, 6) is 0.597. The molecule has 0 unspecified atom stereocenters. The van der Waals surface area contributed by atoms with Crippen LogP contribution in [0.5, 0.6) is 5.75 Å². The molecule has 0 aliphatic rings. The molecule has 5 nitrogen and oxygen atoms in total. The molecule has 0 fully saturated rings. The highest BCUT2D eigenvalue weighted by atomic mass is 16.6. The number of carbonyl (C=O) groups is 1. The SMILES string of the molecule is Cc1cc(NC(=O)OC(C)(C)C)cc(OCCO)c1. The predicted octanol–water partition coefficient (Wildman–Crippen LogP) is 2.71. The Morgan fingerprint density at radius 1 is 1.32 bits per heavy atom. The van der Waals surface area contributed by atoms with E-state index in [1.807, 2.05) is 19.1 Å². The van der Waals surface area contributed by atoms with E-state index in [2.05, 4.69) is 5.32 Å². The maximum Gasteiger partial charge on any atom is 0.412 e. The summed E-state index contributed by atoms with van der Waals surface area (Å²) in [4.78, 5) is 11.7. The molecule has 0 bridgehead atoms. The average molecular weight is 267 g/mol. The smallest absolute Gasteiger partial charge is 0.412 e. The van der Waals surface area contributed by atoms with E-state index in [1.165, 1.54) is 0 Å². The number of aryl methyl sites for hydroxylation is 1. The van der Waals surface area contributed by atoms with Gasteiger partial charge in [-0.15, -0.1) is 0 Å². The largest absolute Gasteiger partial charge is 0.491 e. The van der Waals surface area contributed by atoms with Gasteiger partial charge in [0.15, 0.2) is 0 Å². The van der Waals surface area contributed by atoms with Gasteiger partial charge in [-0.2, -0.15) is 0 Å². The van der Waals surface area contributed by atoms with E-state index >= 15 is 0 Å². The van der Waals surface area contributed by atoms with Gasteiger partial charge in [0.2, 0.25) is 0 Å². The minimum absolute atomic E-state index is 0.0528. The van der Waals surface area contributed by atoms with Gasteiger partial charge in [0.05, 0.1) is 6.61 Å². The Kier molecular flexibility index (Phi) is 5.18. The molecule has 0 radical (unpaired) electrons. The Morgan fingerprint density at radius 2 is 2.00 bits per heavy atom. The van der Waals surface area contributed by atoms with Gasteiger partial charge in [0.25, 0.3) is 0 Å². The zero-order valence-electron chi connectivity index (χ0n) is 11.8. The van der Waals surface area contributed by atoms with Crippen molar-refractivity contribution in [1.29, 1.82) is 0 Å². The molecule has 0 aliphatic heterocycles. The third-order valence-electron chi connectivity index (χ3n) is 2.06. The van der Waals surface area contributed by atoms with Crippen LogP contribution in [0.4, 0.5) is 10.5 Å². The first-order valence-corrected chi connectivity index (χ1v) is 6.15. The van der Waals surface area contributed by atoms with Gasteiger partial charge in [-0.3, -0.25) is 5.32 Å². The minimum Gasteiger partial charge on any atom is -0.491 e. The van der Waals surface area contributed by atoms with E-state index in [0.717, 1.165) is 5.56 Å². The van der Waals surface area contributed by atoms with Crippen LogP contribution in [-0.2, 0) is 4.74 Å². The zero-order valence-corrected chi connectivity index (χ0v) is 11.8. The second kappa shape index (κ2) is 6.43. The topological polar surface area (TPSA) is 67.8 Å². The van der Waals surface area contributed by atoms with E-state index in [-0.39, 0.29) is 13.2 Å². The molecule has 0 spiro atoms. The molecule has 1 aromatic rings. The van der Waals surface area contributed by atoms with E-state index in [0.29, 0.717) is 11.4 Å². The lowest BCUT2D eigenvalue weighted by atomic mass is 10.2. The summed E-state index contributed by atoms with van der Waals surface area (Å²) in [6, 6.07) is 5.33. The van der Waals surface area contributed by atoms with Crippen LogP contribution in [0.3, 0.4) is 0 Å². The number of hydrogen-bond donors (Lipinski definition) is 2. The maximum atomic E-state index is 11.7. The van der Waals surface area contributed by atoms with Crippen LogP contribution in [0.25, 0.3) is 0 Å². The highest BCUT2D eigenvalue weighted by Gasteiger charge is 2.16. The summed E-state index contributed by atoms with van der Waals surface area (Å²) < 4.78 is 10.5. The lowest BCUT2D eigenvalue weighted by Crippen LogP contribution is -2.27. The van der Waals surface area contributed by atoms with Gasteiger partial charge in [-0.25, -0.2) is 4.79 Å². The summed E-state index contributed by atoms with van der Waals surface area (Å²) in [6.07, 6.45) is -0.508. The molecule has 0 saturated heterocycles. The van der Waals surface area contributed by atoms with Crippen molar-refractivity contribution >= 4 is 11.8 Å². The number of ether oxygens (including phenoxy) is 2. The Labute approximate surface area is 113 Å². The summed E-state index contributed by atoms with van der Waals surface area (Å²) in [6.45, 7) is 7.47. The number of nitrogens with one attached hydrogen (secondary N) is 1. The van der Waals surface area contributed by atoms with Crippen LogP contribution in [-0.4, -0.2) is 30.0 Å². The van der Waals surface area contributed by atoms with Gasteiger partial charge in [-0.1, -0.05) is 0 Å². The third-order valence-corrected chi connectivity index (χ3v) is 2.06. The first-order valence-electron chi connectivity index (χ1n) is 6.15. The zero-order chi connectivity index (χ0) is 14.5. The quantitative estimate of drug-likeness (QED) is 0.880. The van der Waals surface area contributed by atoms with Crippen molar-refractivity contribution in [2.45, 2.75) is 33.3 Å². The molecule has 0 heterocycles. The standard InChI is InChI=1S/C14H21NO4/c1-10-7-11(9-12(8-10)18-6-5-16)15-13(17)19-14(2,3)4/h7-9,16H,5-6H2,1-4H3,(H,15,17). The summed E-state index contributed by atoms with van der Waals surface area (Å²) in [5, 5.41) is 11.4. The van der Waals surface area contributed by atoms with E-state index in [9.17, 15) is 4.79 Å². The van der Waals surface area contributed by atoms with Crippen molar-refractivity contribution < 1.29 is 19.4 Å². The van der Waals surface area contributed by atoms with Crippen molar-refractivity contribution in [3.05, 3.63) is 23.8 Å². The average Bonchev–Trinajstić information content (AvgIpc) is 2.22. The van der Waals surface area contributed by atoms with Crippen LogP contribution < -0.4 is 10.1 Å². The van der Waals surface area contributed by atoms with Gasteiger partial charge in [-0.05, 0) is 45.4 Å². The van der Waals surface area contributed by atoms with E-state index < -0.39 is 11.7 Å². The number of aliphatic hydroxyl groups excluding tert-OH is 1. The second-order valence-corrected chi connectivity index (χ2v) is 5.23. The normalized spacial score (nSPS) is 11.0. The summed E-state index contributed by atoms with van der Waals surface area (Å²) in [7, 11) is 0. The molecule has 106 valence electrons. The Bertz CT molecular complexity index is 438. The molecule has 19 heavy (non-hydrogen) atoms. The van der Waals surface area contributed by atoms with Gasteiger partial charge in [0, 0.05) is 11.8 Å². The highest BCUT2D eigenvalue weighted by Crippen LogP contribution is 2.21. The predicted molar refractivity (Wildman–Crippen MR) is 73.6 cm³/mol. The van der Waals surface area contributed by atoms with Crippen LogP contribution in [0, 0.1) is 6.92 Å². The monoisotopic (exact) mass is 267 g/mol. The fourth-order valence-corrected chi connectivity index (χ4v) is 1.49. The number of hydrogen-bond acceptors (Lipinski definition) is 4. The Hall–Kier alpha value is -1.75. The summed E-state index contributed by atoms with van der Waals surface area (Å²) in [5.41, 5.74) is 1.01. The molecule has 5 heteroatoms. The molecule has 1 aromatic carbocycles.